The van der Waals surface area contributed by atoms with Crippen molar-refractivity contribution in [3.05, 3.63) is 60.2 Å². The highest BCUT2D eigenvalue weighted by molar-refractivity contribution is 5.95. The quantitative estimate of drug-likeness (QED) is 0.939. The number of nitrogens with zero attached hydrogens (tertiary/aromatic N) is 1. The van der Waals surface area contributed by atoms with E-state index in [0.717, 1.165) is 30.5 Å². The Labute approximate surface area is 124 Å². The summed E-state index contributed by atoms with van der Waals surface area (Å²) < 4.78 is 0. The van der Waals surface area contributed by atoms with E-state index in [-0.39, 0.29) is 18.6 Å². The van der Waals surface area contributed by atoms with Crippen LogP contribution in [0.2, 0.25) is 0 Å². The van der Waals surface area contributed by atoms with Gasteiger partial charge < -0.3 is 10.0 Å². The van der Waals surface area contributed by atoms with Crippen LogP contribution in [0.3, 0.4) is 0 Å². The van der Waals surface area contributed by atoms with Crippen LogP contribution in [0.4, 0.5) is 0 Å². The molecule has 1 aliphatic heterocycles. The van der Waals surface area contributed by atoms with Crippen molar-refractivity contribution >= 4 is 5.91 Å². The van der Waals surface area contributed by atoms with Gasteiger partial charge in [-0.15, -0.1) is 0 Å². The van der Waals surface area contributed by atoms with Gasteiger partial charge in [0.25, 0.3) is 5.91 Å². The van der Waals surface area contributed by atoms with Gasteiger partial charge in [-0.3, -0.25) is 4.79 Å². The molecule has 1 N–H and O–H groups in total. The first-order valence-electron chi connectivity index (χ1n) is 7.37. The first-order chi connectivity index (χ1) is 10.3. The Bertz CT molecular complexity index is 607. The molecule has 1 amide bonds. The van der Waals surface area contributed by atoms with Crippen LogP contribution in [0.5, 0.6) is 0 Å². The summed E-state index contributed by atoms with van der Waals surface area (Å²) >= 11 is 0. The SMILES string of the molecule is O=C(c1ccc(-c2ccccc2)cc1)N1CCC[C@H]1CO. The highest BCUT2D eigenvalue weighted by atomic mass is 16.3. The van der Waals surface area contributed by atoms with Gasteiger partial charge in [-0.1, -0.05) is 42.5 Å². The second kappa shape index (κ2) is 6.10. The van der Waals surface area contributed by atoms with Crippen LogP contribution >= 0.6 is 0 Å². The number of aliphatic hydroxyl groups is 1. The summed E-state index contributed by atoms with van der Waals surface area (Å²) in [4.78, 5) is 14.3. The number of amides is 1. The van der Waals surface area contributed by atoms with Crippen molar-refractivity contribution in [3.8, 4) is 11.1 Å². The van der Waals surface area contributed by atoms with Crippen molar-refractivity contribution in [2.45, 2.75) is 18.9 Å². The van der Waals surface area contributed by atoms with Crippen molar-refractivity contribution in [3.63, 3.8) is 0 Å². The zero-order valence-electron chi connectivity index (χ0n) is 11.9. The fraction of sp³-hybridized carbons (Fsp3) is 0.278. The van der Waals surface area contributed by atoms with Gasteiger partial charge in [0.1, 0.15) is 0 Å². The van der Waals surface area contributed by atoms with Crippen molar-refractivity contribution in [2.75, 3.05) is 13.2 Å². The van der Waals surface area contributed by atoms with Gasteiger partial charge >= 0.3 is 0 Å². The molecular formula is C18H19NO2. The molecular weight excluding hydrogens is 262 g/mol. The van der Waals surface area contributed by atoms with Crippen molar-refractivity contribution in [2.24, 2.45) is 0 Å². The minimum Gasteiger partial charge on any atom is -0.394 e. The molecule has 1 aliphatic rings. The lowest BCUT2D eigenvalue weighted by Gasteiger charge is -2.23. The number of benzene rings is 2. The first-order valence-corrected chi connectivity index (χ1v) is 7.37. The number of likely N-dealkylation sites (tertiary alicyclic amines) is 1. The van der Waals surface area contributed by atoms with Crippen molar-refractivity contribution < 1.29 is 9.90 Å². The van der Waals surface area contributed by atoms with E-state index in [1.165, 1.54) is 0 Å². The molecule has 0 unspecified atom stereocenters. The molecule has 1 heterocycles. The summed E-state index contributed by atoms with van der Waals surface area (Å²) in [7, 11) is 0. The Balaban J connectivity index is 1.79. The van der Waals surface area contributed by atoms with E-state index >= 15 is 0 Å². The lowest BCUT2D eigenvalue weighted by atomic mass is 10.0. The van der Waals surface area contributed by atoms with Gasteiger partial charge in [-0.25, -0.2) is 0 Å². The topological polar surface area (TPSA) is 40.5 Å². The molecule has 1 atom stereocenters. The standard InChI is InChI=1S/C18H19NO2/c20-13-17-7-4-12-19(17)18(21)16-10-8-15(9-11-16)14-5-2-1-3-6-14/h1-3,5-6,8-11,17,20H,4,7,12-13H2/t17-/m0/s1. The van der Waals surface area contributed by atoms with Crippen LogP contribution in [0.1, 0.15) is 23.2 Å². The average molecular weight is 281 g/mol. The fourth-order valence-electron chi connectivity index (χ4n) is 2.89. The maximum absolute atomic E-state index is 12.5. The van der Waals surface area contributed by atoms with E-state index in [9.17, 15) is 9.90 Å². The summed E-state index contributed by atoms with van der Waals surface area (Å²) in [5.74, 6) is 0.0196. The number of rotatable bonds is 3. The Kier molecular flexibility index (Phi) is 4.02. The van der Waals surface area contributed by atoms with Crippen molar-refractivity contribution in [1.82, 2.24) is 4.90 Å². The third kappa shape index (κ3) is 2.83. The molecule has 1 saturated heterocycles. The molecule has 0 aliphatic carbocycles. The maximum Gasteiger partial charge on any atom is 0.254 e. The molecule has 0 radical (unpaired) electrons. The molecule has 3 rings (SSSR count). The van der Waals surface area contributed by atoms with Gasteiger partial charge in [0.05, 0.1) is 12.6 Å². The third-order valence-electron chi connectivity index (χ3n) is 4.09. The lowest BCUT2D eigenvalue weighted by molar-refractivity contribution is 0.0677. The normalized spacial score (nSPS) is 18.0. The number of hydrogen-bond acceptors (Lipinski definition) is 2. The third-order valence-corrected chi connectivity index (χ3v) is 4.09. The molecule has 0 spiro atoms. The molecule has 0 bridgehead atoms. The van der Waals surface area contributed by atoms with Crippen LogP contribution in [0, 0.1) is 0 Å². The largest absolute Gasteiger partial charge is 0.394 e. The minimum absolute atomic E-state index is 0.0196. The second-order valence-electron chi connectivity index (χ2n) is 5.42. The predicted octanol–water partition coefficient (Wildman–Crippen LogP) is 2.95. The van der Waals surface area contributed by atoms with Gasteiger partial charge in [0, 0.05) is 12.1 Å². The van der Waals surface area contributed by atoms with Crippen LogP contribution < -0.4 is 0 Å². The van der Waals surface area contributed by atoms with Crippen LogP contribution in [0.25, 0.3) is 11.1 Å². The van der Waals surface area contributed by atoms with Gasteiger partial charge in [-0.2, -0.15) is 0 Å². The fourth-order valence-corrected chi connectivity index (χ4v) is 2.89. The van der Waals surface area contributed by atoms with Crippen LogP contribution in [0.15, 0.2) is 54.6 Å². The molecule has 3 nitrogen and oxygen atoms in total. The summed E-state index contributed by atoms with van der Waals surface area (Å²) in [6, 6.07) is 17.8. The summed E-state index contributed by atoms with van der Waals surface area (Å²) in [5, 5.41) is 9.33. The highest BCUT2D eigenvalue weighted by Gasteiger charge is 2.28. The summed E-state index contributed by atoms with van der Waals surface area (Å²) in [6.07, 6.45) is 1.86. The Morgan fingerprint density at radius 1 is 1.05 bits per heavy atom. The minimum atomic E-state index is -0.0219. The Morgan fingerprint density at radius 2 is 1.71 bits per heavy atom. The predicted molar refractivity (Wildman–Crippen MR) is 83.0 cm³/mol. The highest BCUT2D eigenvalue weighted by Crippen LogP contribution is 2.22. The van der Waals surface area contributed by atoms with E-state index in [4.69, 9.17) is 0 Å². The molecule has 108 valence electrons. The van der Waals surface area contributed by atoms with E-state index < -0.39 is 0 Å². The number of carbonyl (C=O) groups is 1. The van der Waals surface area contributed by atoms with E-state index in [2.05, 4.69) is 12.1 Å². The monoisotopic (exact) mass is 281 g/mol. The zero-order chi connectivity index (χ0) is 14.7. The van der Waals surface area contributed by atoms with Crippen molar-refractivity contribution in [1.29, 1.82) is 0 Å². The first kappa shape index (κ1) is 13.8. The summed E-state index contributed by atoms with van der Waals surface area (Å²) in [5.41, 5.74) is 2.94. The van der Waals surface area contributed by atoms with E-state index in [0.29, 0.717) is 5.56 Å². The second-order valence-corrected chi connectivity index (χ2v) is 5.42. The van der Waals surface area contributed by atoms with Gasteiger partial charge in [0.15, 0.2) is 0 Å². The smallest absolute Gasteiger partial charge is 0.254 e. The zero-order valence-corrected chi connectivity index (χ0v) is 11.9. The summed E-state index contributed by atoms with van der Waals surface area (Å²) in [6.45, 7) is 0.790. The molecule has 2 aromatic carbocycles. The Morgan fingerprint density at radius 3 is 2.38 bits per heavy atom. The molecule has 1 fully saturated rings. The molecule has 2 aromatic rings. The number of aliphatic hydroxyl groups excluding tert-OH is 1. The number of hydrogen-bond donors (Lipinski definition) is 1. The lowest BCUT2D eigenvalue weighted by Crippen LogP contribution is -2.37. The van der Waals surface area contributed by atoms with E-state index in [1.54, 1.807) is 4.90 Å². The molecule has 0 saturated carbocycles. The number of carbonyl (C=O) groups excluding carboxylic acids is 1. The maximum atomic E-state index is 12.5. The molecule has 21 heavy (non-hydrogen) atoms. The van der Waals surface area contributed by atoms with Gasteiger partial charge in [0.2, 0.25) is 0 Å². The molecule has 0 aromatic heterocycles. The molecule has 3 heteroatoms. The Hall–Kier alpha value is -2.13. The van der Waals surface area contributed by atoms with Crippen LogP contribution in [-0.2, 0) is 0 Å². The average Bonchev–Trinajstić information content (AvgIpc) is 3.04. The van der Waals surface area contributed by atoms with Crippen LogP contribution in [-0.4, -0.2) is 35.1 Å². The van der Waals surface area contributed by atoms with E-state index in [1.807, 2.05) is 42.5 Å². The van der Waals surface area contributed by atoms with Gasteiger partial charge in [-0.05, 0) is 36.1 Å².